The minimum absolute atomic E-state index is 0.0698. The third-order valence-corrected chi connectivity index (χ3v) is 8.66. The Balaban J connectivity index is 1.30. The first kappa shape index (κ1) is 31.0. The largest absolute Gasteiger partial charge is 0.453 e. The van der Waals surface area contributed by atoms with Crippen molar-refractivity contribution in [2.45, 2.75) is 62.9 Å². The lowest BCUT2D eigenvalue weighted by atomic mass is 10.0. The molecule has 0 aliphatic carbocycles. The number of nitrogens with one attached hydrogen (secondary N) is 2. The third kappa shape index (κ3) is 6.70. The van der Waals surface area contributed by atoms with E-state index in [2.05, 4.69) is 32.4 Å². The van der Waals surface area contributed by atoms with Crippen LogP contribution in [-0.2, 0) is 19.1 Å². The molecule has 5 atom stereocenters. The molecule has 2 aliphatic heterocycles. The molecule has 0 bridgehead atoms. The van der Waals surface area contributed by atoms with E-state index < -0.39 is 30.2 Å². The molecule has 2 heterocycles. The van der Waals surface area contributed by atoms with Crippen LogP contribution >= 0.6 is 0 Å². The van der Waals surface area contributed by atoms with Crippen LogP contribution in [0.15, 0.2) is 78.9 Å². The van der Waals surface area contributed by atoms with Gasteiger partial charge in [0, 0.05) is 25.0 Å². The van der Waals surface area contributed by atoms with Gasteiger partial charge >= 0.3 is 6.09 Å². The zero-order valence-electron chi connectivity index (χ0n) is 25.2. The Labute approximate surface area is 257 Å². The smallest absolute Gasteiger partial charge is 0.407 e. The molecule has 2 saturated heterocycles. The monoisotopic (exact) mass is 602 g/mol. The molecule has 3 amide bonds. The average molecular weight is 603 g/mol. The fourth-order valence-corrected chi connectivity index (χ4v) is 6.31. The number of nitrogens with zero attached hydrogens (tertiary/aromatic N) is 2. The summed E-state index contributed by atoms with van der Waals surface area (Å²) in [5.41, 5.74) is 3.88. The Morgan fingerprint density at radius 3 is 2.11 bits per heavy atom. The predicted molar refractivity (Wildman–Crippen MR) is 166 cm³/mol. The summed E-state index contributed by atoms with van der Waals surface area (Å²) >= 11 is 0. The molecule has 10 heteroatoms. The predicted octanol–water partition coefficient (Wildman–Crippen LogP) is 5.60. The minimum atomic E-state index is -0.990. The van der Waals surface area contributed by atoms with E-state index in [4.69, 9.17) is 4.74 Å². The number of methoxy groups -OCH3 is 2. The number of alkyl carbamates (subject to hydrolysis) is 1. The van der Waals surface area contributed by atoms with Gasteiger partial charge in [-0.15, -0.1) is 0 Å². The van der Waals surface area contributed by atoms with E-state index in [0.717, 1.165) is 24.1 Å². The van der Waals surface area contributed by atoms with E-state index in [9.17, 15) is 18.8 Å². The number of likely N-dealkylation sites (tertiary alicyclic amines) is 1. The van der Waals surface area contributed by atoms with Gasteiger partial charge < -0.3 is 29.9 Å². The number of hydrogen-bond donors (Lipinski definition) is 2. The molecule has 2 aliphatic rings. The van der Waals surface area contributed by atoms with Crippen molar-refractivity contribution in [3.8, 4) is 0 Å². The van der Waals surface area contributed by atoms with E-state index in [0.29, 0.717) is 25.1 Å². The number of rotatable bonds is 9. The van der Waals surface area contributed by atoms with Crippen molar-refractivity contribution in [1.82, 2.24) is 10.2 Å². The zero-order chi connectivity index (χ0) is 31.2. The zero-order valence-corrected chi connectivity index (χ0v) is 25.2. The van der Waals surface area contributed by atoms with Gasteiger partial charge in [0.2, 0.25) is 11.8 Å². The molecule has 3 aromatic rings. The number of carbonyl (C=O) groups excluding carboxylic acids is 3. The number of benzene rings is 3. The average Bonchev–Trinajstić information content (AvgIpc) is 3.72. The van der Waals surface area contributed by atoms with E-state index in [1.54, 1.807) is 6.92 Å². The van der Waals surface area contributed by atoms with Gasteiger partial charge in [0.25, 0.3) is 0 Å². The lowest BCUT2D eigenvalue weighted by molar-refractivity contribution is -0.141. The summed E-state index contributed by atoms with van der Waals surface area (Å²) in [4.78, 5) is 42.6. The van der Waals surface area contributed by atoms with Crippen LogP contribution in [0.5, 0.6) is 0 Å². The number of amides is 3. The minimum Gasteiger partial charge on any atom is -0.453 e. The maximum absolute atomic E-state index is 13.8. The van der Waals surface area contributed by atoms with Gasteiger partial charge in [0.1, 0.15) is 17.9 Å². The van der Waals surface area contributed by atoms with Gasteiger partial charge in [-0.1, -0.05) is 42.5 Å². The summed E-state index contributed by atoms with van der Waals surface area (Å²) in [7, 11) is 2.67. The van der Waals surface area contributed by atoms with Crippen LogP contribution in [0, 0.1) is 5.82 Å². The van der Waals surface area contributed by atoms with Crippen molar-refractivity contribution in [3.63, 3.8) is 0 Å². The number of anilines is 2. The van der Waals surface area contributed by atoms with Crippen molar-refractivity contribution in [2.75, 3.05) is 31.0 Å². The van der Waals surface area contributed by atoms with Gasteiger partial charge in [-0.3, -0.25) is 9.59 Å². The molecule has 3 aromatic carbocycles. The molecule has 9 nitrogen and oxygen atoms in total. The van der Waals surface area contributed by atoms with Gasteiger partial charge in [-0.2, -0.15) is 0 Å². The molecule has 0 aromatic heterocycles. The molecule has 1 unspecified atom stereocenters. The Bertz CT molecular complexity index is 1440. The third-order valence-electron chi connectivity index (χ3n) is 8.66. The van der Waals surface area contributed by atoms with E-state index in [1.807, 2.05) is 54.6 Å². The Morgan fingerprint density at radius 2 is 1.50 bits per heavy atom. The summed E-state index contributed by atoms with van der Waals surface area (Å²) in [5.74, 6) is -0.955. The first-order valence-corrected chi connectivity index (χ1v) is 15.0. The van der Waals surface area contributed by atoms with Crippen molar-refractivity contribution in [3.05, 3.63) is 95.8 Å². The van der Waals surface area contributed by atoms with E-state index >= 15 is 0 Å². The number of carbonyl (C=O) groups is 3. The van der Waals surface area contributed by atoms with Crippen molar-refractivity contribution < 1.29 is 28.2 Å². The normalized spacial score (nSPS) is 21.0. The molecular formula is C34H39FN4O5. The molecule has 0 radical (unpaired) electrons. The number of hydrogen-bond acceptors (Lipinski definition) is 6. The topological polar surface area (TPSA) is 100 Å². The molecule has 5 rings (SSSR count). The Kier molecular flexibility index (Phi) is 9.79. The van der Waals surface area contributed by atoms with Gasteiger partial charge in [0.15, 0.2) is 0 Å². The second kappa shape index (κ2) is 13.9. The molecule has 0 saturated carbocycles. The number of ether oxygens (including phenoxy) is 2. The van der Waals surface area contributed by atoms with Crippen LogP contribution in [0.3, 0.4) is 0 Å². The summed E-state index contributed by atoms with van der Waals surface area (Å²) < 4.78 is 23.8. The molecule has 232 valence electrons. The molecule has 2 fully saturated rings. The first-order valence-electron chi connectivity index (χ1n) is 15.0. The number of halogens is 1. The quantitative estimate of drug-likeness (QED) is 0.331. The Hall–Kier alpha value is -4.44. The fourth-order valence-electron chi connectivity index (χ4n) is 6.31. The maximum Gasteiger partial charge on any atom is 0.407 e. The second-order valence-electron chi connectivity index (χ2n) is 11.3. The van der Waals surface area contributed by atoms with Crippen LogP contribution in [0.25, 0.3) is 0 Å². The Morgan fingerprint density at radius 1 is 0.864 bits per heavy atom. The highest BCUT2D eigenvalue weighted by atomic mass is 19.1. The lowest BCUT2D eigenvalue weighted by Crippen LogP contribution is -2.56. The van der Waals surface area contributed by atoms with E-state index in [1.165, 1.54) is 36.8 Å². The molecule has 0 spiro atoms. The first-order chi connectivity index (χ1) is 21.3. The fraction of sp³-hybridized carbons (Fsp3) is 0.382. The van der Waals surface area contributed by atoms with Crippen LogP contribution in [0.1, 0.15) is 55.8 Å². The highest BCUT2D eigenvalue weighted by Gasteiger charge is 2.40. The van der Waals surface area contributed by atoms with Gasteiger partial charge in [-0.05, 0) is 80.1 Å². The standard InChI is InChI=1S/C34H39FN4O5/c1-22(43-2)31(37-34(42)44-3)33(41)38-21-7-10-30(38)32(40)36-26-15-11-24(12-16-26)29-20-19-28(23-8-5-4-6-9-23)39(29)27-17-13-25(35)14-18-27/h4-6,8-9,11-18,22,28-31H,7,10,19-21H2,1-3H3,(H,36,40)(H,37,42)/t22-,28+,29+,30+,31?/m1/s1. The highest BCUT2D eigenvalue weighted by Crippen LogP contribution is 2.47. The SMILES string of the molecule is COC(=O)NC(C(=O)N1CCC[C@H]1C(=O)Nc1ccc([C@@H]2CC[C@@H](c3ccccc3)N2c2ccc(F)cc2)cc1)[C@@H](C)OC. The molecule has 44 heavy (non-hydrogen) atoms. The van der Waals surface area contributed by atoms with Crippen molar-refractivity contribution in [1.29, 1.82) is 0 Å². The lowest BCUT2D eigenvalue weighted by Gasteiger charge is -2.33. The van der Waals surface area contributed by atoms with Crippen LogP contribution in [0.4, 0.5) is 20.6 Å². The summed E-state index contributed by atoms with van der Waals surface area (Å²) in [6.45, 7) is 2.07. The highest BCUT2D eigenvalue weighted by molar-refractivity contribution is 5.98. The van der Waals surface area contributed by atoms with Gasteiger partial charge in [0.05, 0.1) is 25.3 Å². The van der Waals surface area contributed by atoms with Gasteiger partial charge in [-0.25, -0.2) is 9.18 Å². The van der Waals surface area contributed by atoms with E-state index in [-0.39, 0.29) is 23.8 Å². The summed E-state index contributed by atoms with van der Waals surface area (Å²) in [5, 5.41) is 5.51. The molecule has 2 N–H and O–H groups in total. The van der Waals surface area contributed by atoms with Crippen molar-refractivity contribution in [2.24, 2.45) is 0 Å². The molecular weight excluding hydrogens is 563 g/mol. The van der Waals surface area contributed by atoms with Crippen LogP contribution in [-0.4, -0.2) is 61.8 Å². The van der Waals surface area contributed by atoms with Crippen LogP contribution < -0.4 is 15.5 Å². The summed E-state index contributed by atoms with van der Waals surface area (Å²) in [6, 6.07) is 23.3. The second-order valence-corrected chi connectivity index (χ2v) is 11.3. The maximum atomic E-state index is 13.8. The van der Waals surface area contributed by atoms with Crippen molar-refractivity contribution >= 4 is 29.3 Å². The van der Waals surface area contributed by atoms with Crippen LogP contribution in [0.2, 0.25) is 0 Å². The summed E-state index contributed by atoms with van der Waals surface area (Å²) in [6.07, 6.45) is 1.68.